The van der Waals surface area contributed by atoms with Gasteiger partial charge in [0.25, 0.3) is 0 Å². The highest BCUT2D eigenvalue weighted by Gasteiger charge is 2.32. The Morgan fingerprint density at radius 3 is 2.67 bits per heavy atom. The topological polar surface area (TPSA) is 47.9 Å². The van der Waals surface area contributed by atoms with E-state index in [-0.39, 0.29) is 18.6 Å². The highest BCUT2D eigenvalue weighted by Crippen LogP contribution is 2.39. The molecule has 98 valence electrons. The first kappa shape index (κ1) is 12.9. The lowest BCUT2D eigenvalue weighted by Gasteiger charge is -2.18. The molecule has 4 nitrogen and oxygen atoms in total. The van der Waals surface area contributed by atoms with Gasteiger partial charge in [-0.15, -0.1) is 0 Å². The molecule has 0 saturated carbocycles. The summed E-state index contributed by atoms with van der Waals surface area (Å²) in [6, 6.07) is 5.64. The number of hydrogen-bond acceptors (Lipinski definition) is 4. The third kappa shape index (κ3) is 2.21. The number of hydrogen-bond donors (Lipinski definition) is 1. The Morgan fingerprint density at radius 1 is 1.33 bits per heavy atom. The Bertz CT molecular complexity index is 441. The molecule has 1 heterocycles. The van der Waals surface area contributed by atoms with Crippen LogP contribution in [0.1, 0.15) is 11.7 Å². The fraction of sp³-hybridized carbons (Fsp3) is 0.429. The van der Waals surface area contributed by atoms with Gasteiger partial charge in [-0.1, -0.05) is 12.6 Å². The van der Waals surface area contributed by atoms with Gasteiger partial charge >= 0.3 is 0 Å². The number of aliphatic hydroxyl groups excluding tert-OH is 1. The van der Waals surface area contributed by atoms with Crippen LogP contribution in [0, 0.1) is 5.92 Å². The molecule has 0 amide bonds. The van der Waals surface area contributed by atoms with Crippen molar-refractivity contribution in [3.05, 3.63) is 35.9 Å². The summed E-state index contributed by atoms with van der Waals surface area (Å²) >= 11 is 0. The largest absolute Gasteiger partial charge is 0.493 e. The van der Waals surface area contributed by atoms with Crippen LogP contribution in [0.25, 0.3) is 0 Å². The Kier molecular flexibility index (Phi) is 3.89. The molecule has 0 bridgehead atoms. The minimum atomic E-state index is -0.165. The van der Waals surface area contributed by atoms with E-state index in [0.717, 1.165) is 11.1 Å². The number of rotatable bonds is 4. The van der Waals surface area contributed by atoms with Crippen LogP contribution in [0.5, 0.6) is 11.5 Å². The smallest absolute Gasteiger partial charge is 0.161 e. The normalized spacial score (nSPS) is 23.2. The molecule has 2 rings (SSSR count). The highest BCUT2D eigenvalue weighted by atomic mass is 16.5. The Labute approximate surface area is 107 Å². The molecule has 0 aliphatic carbocycles. The van der Waals surface area contributed by atoms with Crippen LogP contribution < -0.4 is 9.47 Å². The standard InChI is InChI=1S/C14H18O4/c1-9-8-18-14(11(9)7-15)10-4-5-12(16-2)13(6-10)17-3/h4-6,11,14-15H,1,7-8H2,2-3H3/t11-,14?/m0/s1. The fourth-order valence-corrected chi connectivity index (χ4v) is 2.22. The molecular weight excluding hydrogens is 232 g/mol. The van der Waals surface area contributed by atoms with E-state index in [9.17, 15) is 5.11 Å². The van der Waals surface area contributed by atoms with E-state index in [1.54, 1.807) is 14.2 Å². The number of benzene rings is 1. The zero-order valence-electron chi connectivity index (χ0n) is 10.7. The van der Waals surface area contributed by atoms with Crippen LogP contribution in [0.3, 0.4) is 0 Å². The summed E-state index contributed by atoms with van der Waals surface area (Å²) in [5, 5.41) is 9.40. The molecule has 2 atom stereocenters. The predicted molar refractivity (Wildman–Crippen MR) is 68.0 cm³/mol. The quantitative estimate of drug-likeness (QED) is 0.830. The van der Waals surface area contributed by atoms with Gasteiger partial charge in [0.1, 0.15) is 0 Å². The Balaban J connectivity index is 2.31. The van der Waals surface area contributed by atoms with E-state index in [1.165, 1.54) is 0 Å². The van der Waals surface area contributed by atoms with Gasteiger partial charge < -0.3 is 19.3 Å². The predicted octanol–water partition coefficient (Wildman–Crippen LogP) is 1.94. The number of methoxy groups -OCH3 is 2. The van der Waals surface area contributed by atoms with Crippen LogP contribution in [-0.4, -0.2) is 32.5 Å². The van der Waals surface area contributed by atoms with Gasteiger partial charge in [-0.05, 0) is 23.3 Å². The van der Waals surface area contributed by atoms with Crippen molar-refractivity contribution in [1.82, 2.24) is 0 Å². The van der Waals surface area contributed by atoms with Crippen molar-refractivity contribution >= 4 is 0 Å². The van der Waals surface area contributed by atoms with Crippen LogP contribution in [0.4, 0.5) is 0 Å². The van der Waals surface area contributed by atoms with Gasteiger partial charge in [-0.3, -0.25) is 0 Å². The molecule has 1 saturated heterocycles. The fourth-order valence-electron chi connectivity index (χ4n) is 2.22. The molecule has 0 spiro atoms. The molecule has 1 aromatic carbocycles. The number of aliphatic hydroxyl groups is 1. The van der Waals surface area contributed by atoms with Crippen molar-refractivity contribution in [2.45, 2.75) is 6.10 Å². The summed E-state index contributed by atoms with van der Waals surface area (Å²) in [6.45, 7) is 4.45. The average Bonchev–Trinajstić information content (AvgIpc) is 2.78. The molecule has 1 fully saturated rings. The summed E-state index contributed by atoms with van der Waals surface area (Å²) in [5.41, 5.74) is 1.89. The lowest BCUT2D eigenvalue weighted by Crippen LogP contribution is -2.12. The molecular formula is C14H18O4. The highest BCUT2D eigenvalue weighted by molar-refractivity contribution is 5.44. The molecule has 1 N–H and O–H groups in total. The van der Waals surface area contributed by atoms with Gasteiger partial charge in [0.05, 0.1) is 33.5 Å². The molecule has 0 radical (unpaired) electrons. The molecule has 0 aromatic heterocycles. The van der Waals surface area contributed by atoms with Crippen molar-refractivity contribution in [2.75, 3.05) is 27.4 Å². The lowest BCUT2D eigenvalue weighted by molar-refractivity contribution is 0.0719. The third-order valence-electron chi connectivity index (χ3n) is 3.27. The summed E-state index contributed by atoms with van der Waals surface area (Å²) in [4.78, 5) is 0. The van der Waals surface area contributed by atoms with E-state index >= 15 is 0 Å². The first-order valence-corrected chi connectivity index (χ1v) is 5.83. The molecule has 4 heteroatoms. The minimum Gasteiger partial charge on any atom is -0.493 e. The van der Waals surface area contributed by atoms with Gasteiger partial charge in [-0.25, -0.2) is 0 Å². The van der Waals surface area contributed by atoms with E-state index in [2.05, 4.69) is 6.58 Å². The monoisotopic (exact) mass is 250 g/mol. The van der Waals surface area contributed by atoms with E-state index in [0.29, 0.717) is 18.1 Å². The third-order valence-corrected chi connectivity index (χ3v) is 3.27. The second-order valence-corrected chi connectivity index (χ2v) is 4.29. The average molecular weight is 250 g/mol. The number of ether oxygens (including phenoxy) is 3. The Hall–Kier alpha value is -1.52. The minimum absolute atomic E-state index is 0.0395. The van der Waals surface area contributed by atoms with Crippen molar-refractivity contribution in [1.29, 1.82) is 0 Å². The van der Waals surface area contributed by atoms with Crippen LogP contribution >= 0.6 is 0 Å². The van der Waals surface area contributed by atoms with Gasteiger partial charge in [0.15, 0.2) is 11.5 Å². The van der Waals surface area contributed by atoms with Gasteiger partial charge in [-0.2, -0.15) is 0 Å². The van der Waals surface area contributed by atoms with Crippen LogP contribution in [0.15, 0.2) is 30.4 Å². The summed E-state index contributed by atoms with van der Waals surface area (Å²) in [6.07, 6.45) is -0.165. The molecule has 1 aliphatic rings. The maximum atomic E-state index is 9.40. The molecule has 1 unspecified atom stereocenters. The summed E-state index contributed by atoms with van der Waals surface area (Å²) in [5.74, 6) is 1.29. The first-order chi connectivity index (χ1) is 8.71. The Morgan fingerprint density at radius 2 is 2.06 bits per heavy atom. The van der Waals surface area contributed by atoms with Crippen molar-refractivity contribution in [2.24, 2.45) is 5.92 Å². The molecule has 18 heavy (non-hydrogen) atoms. The van der Waals surface area contributed by atoms with E-state index < -0.39 is 0 Å². The molecule has 1 aliphatic heterocycles. The van der Waals surface area contributed by atoms with Crippen LogP contribution in [-0.2, 0) is 4.74 Å². The second-order valence-electron chi connectivity index (χ2n) is 4.29. The van der Waals surface area contributed by atoms with Crippen molar-refractivity contribution in [3.8, 4) is 11.5 Å². The van der Waals surface area contributed by atoms with Crippen LogP contribution in [0.2, 0.25) is 0 Å². The zero-order chi connectivity index (χ0) is 13.1. The first-order valence-electron chi connectivity index (χ1n) is 5.83. The van der Waals surface area contributed by atoms with Gasteiger partial charge in [0.2, 0.25) is 0 Å². The lowest BCUT2D eigenvalue weighted by atomic mass is 9.93. The molecule has 1 aromatic rings. The summed E-state index contributed by atoms with van der Waals surface area (Å²) in [7, 11) is 3.20. The summed E-state index contributed by atoms with van der Waals surface area (Å²) < 4.78 is 16.1. The second kappa shape index (κ2) is 5.42. The van der Waals surface area contributed by atoms with Gasteiger partial charge in [0, 0.05) is 5.92 Å². The maximum Gasteiger partial charge on any atom is 0.161 e. The van der Waals surface area contributed by atoms with E-state index in [4.69, 9.17) is 14.2 Å². The van der Waals surface area contributed by atoms with Crippen molar-refractivity contribution in [3.63, 3.8) is 0 Å². The van der Waals surface area contributed by atoms with E-state index in [1.807, 2.05) is 18.2 Å². The maximum absolute atomic E-state index is 9.40. The zero-order valence-corrected chi connectivity index (χ0v) is 10.7. The van der Waals surface area contributed by atoms with Crippen molar-refractivity contribution < 1.29 is 19.3 Å². The SMILES string of the molecule is C=C1COC(c2ccc(OC)c(OC)c2)[C@H]1CO.